The van der Waals surface area contributed by atoms with Crippen LogP contribution in [0, 0.1) is 10.1 Å². The van der Waals surface area contributed by atoms with E-state index in [0.717, 1.165) is 31.9 Å². The maximum Gasteiger partial charge on any atom is 0.271 e. The first kappa shape index (κ1) is 13.8. The molecule has 5 nitrogen and oxygen atoms in total. The monoisotopic (exact) mass is 340 g/mol. The van der Waals surface area contributed by atoms with Gasteiger partial charge in [0, 0.05) is 30.7 Å². The number of hydrogen-bond acceptors (Lipinski definition) is 3. The van der Waals surface area contributed by atoms with E-state index in [9.17, 15) is 10.1 Å². The van der Waals surface area contributed by atoms with E-state index in [1.165, 1.54) is 23.9 Å². The summed E-state index contributed by atoms with van der Waals surface area (Å²) in [6.45, 7) is 5.46. The number of benzene rings is 1. The first-order valence-electron chi connectivity index (χ1n) is 7.10. The van der Waals surface area contributed by atoms with Crippen LogP contribution in [0.1, 0.15) is 12.8 Å². The molecule has 0 amide bonds. The van der Waals surface area contributed by atoms with Gasteiger partial charge in [-0.1, -0.05) is 6.07 Å². The number of alkyl halides is 1. The van der Waals surface area contributed by atoms with E-state index in [0.29, 0.717) is 4.95 Å². The standard InChI is InChI=1S/C14H19BrN3O2/c15-14-5-2-8-18(14)9-6-16(7-10-18)12-3-1-4-13(11-12)17(19)20/h1,3-4,11,14H,2,5-10H2/q+1. The second-order valence-corrected chi connectivity index (χ2v) is 6.79. The Labute approximate surface area is 127 Å². The number of halogens is 1. The van der Waals surface area contributed by atoms with E-state index in [4.69, 9.17) is 0 Å². The number of non-ortho nitro benzene ring substituents is 1. The number of rotatable bonds is 2. The summed E-state index contributed by atoms with van der Waals surface area (Å²) < 4.78 is 1.17. The minimum atomic E-state index is -0.323. The number of nitro benzene ring substituents is 1. The lowest BCUT2D eigenvalue weighted by molar-refractivity contribution is -0.925. The van der Waals surface area contributed by atoms with Crippen molar-refractivity contribution in [1.29, 1.82) is 0 Å². The summed E-state index contributed by atoms with van der Waals surface area (Å²) in [6, 6.07) is 6.98. The summed E-state index contributed by atoms with van der Waals surface area (Å²) in [5.74, 6) is 0. The summed E-state index contributed by atoms with van der Waals surface area (Å²) in [7, 11) is 0. The van der Waals surface area contributed by atoms with Gasteiger partial charge in [0.2, 0.25) is 0 Å². The topological polar surface area (TPSA) is 46.4 Å². The van der Waals surface area contributed by atoms with Gasteiger partial charge < -0.3 is 9.38 Å². The molecule has 6 heteroatoms. The van der Waals surface area contributed by atoms with Crippen LogP contribution in [0.3, 0.4) is 0 Å². The number of nitro groups is 1. The highest BCUT2D eigenvalue weighted by atomic mass is 79.9. The molecule has 20 heavy (non-hydrogen) atoms. The van der Waals surface area contributed by atoms with Crippen LogP contribution in [0.4, 0.5) is 11.4 Å². The molecular weight excluding hydrogens is 322 g/mol. The summed E-state index contributed by atoms with van der Waals surface area (Å²) in [5.41, 5.74) is 1.15. The molecule has 1 atom stereocenters. The smallest absolute Gasteiger partial charge is 0.271 e. The van der Waals surface area contributed by atoms with Crippen LogP contribution in [0.15, 0.2) is 24.3 Å². The molecule has 1 unspecified atom stereocenters. The van der Waals surface area contributed by atoms with Gasteiger partial charge in [0.25, 0.3) is 5.69 Å². The van der Waals surface area contributed by atoms with Crippen molar-refractivity contribution >= 4 is 27.3 Å². The van der Waals surface area contributed by atoms with Gasteiger partial charge in [0.15, 0.2) is 0 Å². The Morgan fingerprint density at radius 2 is 2.05 bits per heavy atom. The lowest BCUT2D eigenvalue weighted by Gasteiger charge is -2.45. The van der Waals surface area contributed by atoms with E-state index in [-0.39, 0.29) is 10.6 Å². The number of quaternary nitrogens is 1. The molecule has 2 fully saturated rings. The van der Waals surface area contributed by atoms with Crippen molar-refractivity contribution in [2.45, 2.75) is 17.8 Å². The molecule has 0 aliphatic carbocycles. The van der Waals surface area contributed by atoms with E-state index < -0.39 is 0 Å². The maximum atomic E-state index is 10.9. The molecule has 1 spiro atoms. The molecule has 2 aliphatic rings. The maximum absolute atomic E-state index is 10.9. The van der Waals surface area contributed by atoms with Crippen molar-refractivity contribution in [3.8, 4) is 0 Å². The third kappa shape index (κ3) is 2.42. The Bertz CT molecular complexity index is 515. The minimum absolute atomic E-state index is 0.177. The lowest BCUT2D eigenvalue weighted by Crippen LogP contribution is -2.60. The van der Waals surface area contributed by atoms with Crippen molar-refractivity contribution in [2.24, 2.45) is 0 Å². The van der Waals surface area contributed by atoms with Crippen LogP contribution in [0.5, 0.6) is 0 Å². The van der Waals surface area contributed by atoms with Crippen molar-refractivity contribution in [3.63, 3.8) is 0 Å². The summed E-state index contributed by atoms with van der Waals surface area (Å²) in [5, 5.41) is 10.9. The molecule has 0 N–H and O–H groups in total. The molecule has 0 bridgehead atoms. The molecule has 108 valence electrons. The lowest BCUT2D eigenvalue weighted by atomic mass is 10.2. The highest BCUT2D eigenvalue weighted by Gasteiger charge is 2.42. The van der Waals surface area contributed by atoms with E-state index in [1.807, 2.05) is 6.07 Å². The Hall–Kier alpha value is -1.14. The molecule has 1 aromatic carbocycles. The fourth-order valence-corrected chi connectivity index (χ4v) is 4.36. The summed E-state index contributed by atoms with van der Waals surface area (Å²) in [4.78, 5) is 13.4. The molecule has 2 saturated heterocycles. The van der Waals surface area contributed by atoms with Crippen LogP contribution in [-0.4, -0.2) is 47.1 Å². The molecule has 2 heterocycles. The zero-order valence-electron chi connectivity index (χ0n) is 11.4. The molecule has 1 aromatic rings. The Balaban J connectivity index is 1.72. The highest BCUT2D eigenvalue weighted by Crippen LogP contribution is 2.34. The van der Waals surface area contributed by atoms with Crippen molar-refractivity contribution in [1.82, 2.24) is 0 Å². The second kappa shape index (κ2) is 5.33. The largest absolute Gasteiger partial charge is 0.360 e. The van der Waals surface area contributed by atoms with E-state index in [1.54, 1.807) is 18.2 Å². The predicted octanol–water partition coefficient (Wildman–Crippen LogP) is 2.75. The predicted molar refractivity (Wildman–Crippen MR) is 82.1 cm³/mol. The highest BCUT2D eigenvalue weighted by molar-refractivity contribution is 9.09. The van der Waals surface area contributed by atoms with E-state index >= 15 is 0 Å². The van der Waals surface area contributed by atoms with Crippen LogP contribution >= 0.6 is 15.9 Å². The van der Waals surface area contributed by atoms with Crippen LogP contribution in [-0.2, 0) is 0 Å². The van der Waals surface area contributed by atoms with Crippen LogP contribution in [0.25, 0.3) is 0 Å². The number of hydrogen-bond donors (Lipinski definition) is 0. The molecule has 0 saturated carbocycles. The fourth-order valence-electron chi connectivity index (χ4n) is 3.42. The number of nitrogens with zero attached hydrogens (tertiary/aromatic N) is 3. The molecular formula is C14H19BrN3O2+. The van der Waals surface area contributed by atoms with Crippen molar-refractivity contribution < 1.29 is 9.41 Å². The summed E-state index contributed by atoms with van der Waals surface area (Å²) >= 11 is 3.83. The second-order valence-electron chi connectivity index (χ2n) is 5.73. The first-order valence-corrected chi connectivity index (χ1v) is 8.02. The van der Waals surface area contributed by atoms with Gasteiger partial charge >= 0.3 is 0 Å². The quantitative estimate of drug-likeness (QED) is 0.273. The minimum Gasteiger partial charge on any atom is -0.360 e. The Morgan fingerprint density at radius 3 is 2.65 bits per heavy atom. The average molecular weight is 341 g/mol. The van der Waals surface area contributed by atoms with Crippen LogP contribution in [0.2, 0.25) is 0 Å². The SMILES string of the molecule is O=[N+]([O-])c1cccc(N2CC[N+]3(CCCC3Br)CC2)c1. The van der Waals surface area contributed by atoms with Gasteiger partial charge in [-0.2, -0.15) is 0 Å². The van der Waals surface area contributed by atoms with E-state index in [2.05, 4.69) is 20.8 Å². The number of piperazine rings is 1. The fraction of sp³-hybridized carbons (Fsp3) is 0.571. The average Bonchev–Trinajstić information content (AvgIpc) is 2.81. The molecule has 3 rings (SSSR count). The number of anilines is 1. The normalized spacial score (nSPS) is 25.1. The van der Waals surface area contributed by atoms with Gasteiger partial charge in [0.1, 0.15) is 4.95 Å². The Morgan fingerprint density at radius 1 is 1.30 bits per heavy atom. The van der Waals surface area contributed by atoms with Gasteiger partial charge in [-0.15, -0.1) is 0 Å². The van der Waals surface area contributed by atoms with Gasteiger partial charge in [-0.3, -0.25) is 10.1 Å². The van der Waals surface area contributed by atoms with Crippen molar-refractivity contribution in [3.05, 3.63) is 34.4 Å². The van der Waals surface area contributed by atoms with Crippen molar-refractivity contribution in [2.75, 3.05) is 37.6 Å². The third-order valence-electron chi connectivity index (χ3n) is 4.68. The summed E-state index contributed by atoms with van der Waals surface area (Å²) in [6.07, 6.45) is 2.56. The Kier molecular flexibility index (Phi) is 3.69. The van der Waals surface area contributed by atoms with Gasteiger partial charge in [0.05, 0.1) is 37.6 Å². The molecule has 0 radical (unpaired) electrons. The molecule has 0 aromatic heterocycles. The van der Waals surface area contributed by atoms with Crippen LogP contribution < -0.4 is 4.90 Å². The molecule has 2 aliphatic heterocycles. The van der Waals surface area contributed by atoms with Gasteiger partial charge in [-0.05, 0) is 22.0 Å². The zero-order valence-corrected chi connectivity index (χ0v) is 13.0. The van der Waals surface area contributed by atoms with Gasteiger partial charge in [-0.25, -0.2) is 0 Å². The third-order valence-corrected chi connectivity index (χ3v) is 6.00. The first-order chi connectivity index (χ1) is 9.61. The zero-order chi connectivity index (χ0) is 14.2.